The minimum atomic E-state index is -0.127. The summed E-state index contributed by atoms with van der Waals surface area (Å²) in [6.07, 6.45) is 1.74. The Morgan fingerprint density at radius 2 is 1.89 bits per heavy atom. The topological polar surface area (TPSA) is 86.9 Å². The zero-order valence-corrected chi connectivity index (χ0v) is 11.3. The summed E-state index contributed by atoms with van der Waals surface area (Å²) >= 11 is 0. The van der Waals surface area contributed by atoms with E-state index in [1.54, 1.807) is 16.8 Å². The standard InChI is InChI=1S/C11H14N4O.C2H6/c1-6(2)15-4-3-7-5-8(12)14-10(13)9(7)11(15)16;1-2/h3-6H,1-2H3,(H4,12,13,14);1-2H3. The third kappa shape index (κ3) is 2.45. The number of aromatic nitrogens is 2. The SMILES string of the molecule is CC.CC(C)n1ccc2cc(N)nc(N)c2c1=O. The average molecular weight is 248 g/mol. The van der Waals surface area contributed by atoms with Crippen molar-refractivity contribution in [1.82, 2.24) is 9.55 Å². The summed E-state index contributed by atoms with van der Waals surface area (Å²) in [5.74, 6) is 0.515. The van der Waals surface area contributed by atoms with Crippen LogP contribution in [-0.2, 0) is 0 Å². The lowest BCUT2D eigenvalue weighted by Gasteiger charge is -2.11. The Hall–Kier alpha value is -2.04. The van der Waals surface area contributed by atoms with Crippen LogP contribution in [0.5, 0.6) is 0 Å². The van der Waals surface area contributed by atoms with Gasteiger partial charge in [0.2, 0.25) is 0 Å². The lowest BCUT2D eigenvalue weighted by molar-refractivity contribution is 0.583. The first-order valence-corrected chi connectivity index (χ1v) is 6.07. The molecular formula is C13H20N4O. The zero-order valence-electron chi connectivity index (χ0n) is 11.3. The second-order valence-electron chi connectivity index (χ2n) is 4.02. The van der Waals surface area contributed by atoms with Crippen LogP contribution in [-0.4, -0.2) is 9.55 Å². The van der Waals surface area contributed by atoms with Gasteiger partial charge in [-0.25, -0.2) is 4.98 Å². The van der Waals surface area contributed by atoms with Crippen LogP contribution in [0.15, 0.2) is 23.1 Å². The maximum Gasteiger partial charge on any atom is 0.262 e. The van der Waals surface area contributed by atoms with E-state index in [0.29, 0.717) is 11.2 Å². The summed E-state index contributed by atoms with van der Waals surface area (Å²) in [5, 5.41) is 1.16. The van der Waals surface area contributed by atoms with E-state index >= 15 is 0 Å². The van der Waals surface area contributed by atoms with Gasteiger partial charge in [-0.1, -0.05) is 13.8 Å². The van der Waals surface area contributed by atoms with Crippen LogP contribution in [0.25, 0.3) is 10.8 Å². The Kier molecular flexibility index (Phi) is 4.31. The second-order valence-corrected chi connectivity index (χ2v) is 4.02. The highest BCUT2D eigenvalue weighted by molar-refractivity contribution is 5.91. The van der Waals surface area contributed by atoms with Gasteiger partial charge in [-0.15, -0.1) is 0 Å². The van der Waals surface area contributed by atoms with Crippen molar-refractivity contribution in [3.05, 3.63) is 28.7 Å². The van der Waals surface area contributed by atoms with Gasteiger partial charge in [0.25, 0.3) is 5.56 Å². The number of hydrogen-bond acceptors (Lipinski definition) is 4. The molecule has 0 aliphatic heterocycles. The Labute approximate surface area is 106 Å². The highest BCUT2D eigenvalue weighted by Gasteiger charge is 2.09. The van der Waals surface area contributed by atoms with Crippen LogP contribution in [0.1, 0.15) is 33.7 Å². The lowest BCUT2D eigenvalue weighted by Crippen LogP contribution is -2.22. The molecule has 5 heteroatoms. The van der Waals surface area contributed by atoms with Gasteiger partial charge >= 0.3 is 0 Å². The van der Waals surface area contributed by atoms with E-state index in [4.69, 9.17) is 11.5 Å². The molecule has 2 aromatic heterocycles. The largest absolute Gasteiger partial charge is 0.384 e. The smallest absolute Gasteiger partial charge is 0.262 e. The van der Waals surface area contributed by atoms with Crippen LogP contribution < -0.4 is 17.0 Å². The van der Waals surface area contributed by atoms with Gasteiger partial charge in [-0.2, -0.15) is 0 Å². The zero-order chi connectivity index (χ0) is 13.9. The Morgan fingerprint density at radius 1 is 1.28 bits per heavy atom. The van der Waals surface area contributed by atoms with Gasteiger partial charge in [0.15, 0.2) is 0 Å². The minimum Gasteiger partial charge on any atom is -0.384 e. The molecule has 2 aromatic rings. The number of pyridine rings is 2. The third-order valence-electron chi connectivity index (χ3n) is 2.52. The molecule has 0 spiro atoms. The molecule has 18 heavy (non-hydrogen) atoms. The van der Waals surface area contributed by atoms with Crippen LogP contribution in [0.2, 0.25) is 0 Å². The molecule has 0 fully saturated rings. The van der Waals surface area contributed by atoms with Crippen LogP contribution in [0.3, 0.4) is 0 Å². The van der Waals surface area contributed by atoms with Crippen LogP contribution in [0, 0.1) is 0 Å². The first kappa shape index (κ1) is 14.0. The van der Waals surface area contributed by atoms with Gasteiger partial charge < -0.3 is 16.0 Å². The molecule has 0 bridgehead atoms. The quantitative estimate of drug-likeness (QED) is 0.809. The molecule has 0 aliphatic carbocycles. The molecule has 2 heterocycles. The number of fused-ring (bicyclic) bond motifs is 1. The molecule has 0 radical (unpaired) electrons. The first-order valence-electron chi connectivity index (χ1n) is 6.07. The molecule has 0 unspecified atom stereocenters. The van der Waals surface area contributed by atoms with Crippen molar-refractivity contribution in [1.29, 1.82) is 0 Å². The fourth-order valence-electron chi connectivity index (χ4n) is 1.74. The van der Waals surface area contributed by atoms with E-state index in [1.807, 2.05) is 33.8 Å². The number of nitrogens with two attached hydrogens (primary N) is 2. The fourth-order valence-corrected chi connectivity index (χ4v) is 1.74. The molecule has 0 atom stereocenters. The highest BCUT2D eigenvalue weighted by Crippen LogP contribution is 2.18. The maximum absolute atomic E-state index is 12.1. The van der Waals surface area contributed by atoms with E-state index in [1.165, 1.54) is 0 Å². The Morgan fingerprint density at radius 3 is 2.44 bits per heavy atom. The molecule has 5 nitrogen and oxygen atoms in total. The molecule has 0 aliphatic rings. The average Bonchev–Trinajstić information content (AvgIpc) is 2.30. The van der Waals surface area contributed by atoms with Crippen molar-refractivity contribution in [3.8, 4) is 0 Å². The van der Waals surface area contributed by atoms with Crippen molar-refractivity contribution in [2.45, 2.75) is 33.7 Å². The van der Waals surface area contributed by atoms with E-state index in [9.17, 15) is 4.79 Å². The third-order valence-corrected chi connectivity index (χ3v) is 2.52. The Bertz CT molecular complexity index is 602. The number of nitrogens with zero attached hydrogens (tertiary/aromatic N) is 2. The molecule has 98 valence electrons. The monoisotopic (exact) mass is 248 g/mol. The highest BCUT2D eigenvalue weighted by atomic mass is 16.1. The van der Waals surface area contributed by atoms with Crippen molar-refractivity contribution in [2.24, 2.45) is 0 Å². The van der Waals surface area contributed by atoms with Crippen molar-refractivity contribution in [3.63, 3.8) is 0 Å². The molecule has 0 saturated carbocycles. The molecule has 0 amide bonds. The van der Waals surface area contributed by atoms with Gasteiger partial charge in [-0.3, -0.25) is 4.79 Å². The summed E-state index contributed by atoms with van der Waals surface area (Å²) in [6.45, 7) is 7.88. The minimum absolute atomic E-state index is 0.0915. The lowest BCUT2D eigenvalue weighted by atomic mass is 10.2. The van der Waals surface area contributed by atoms with Crippen molar-refractivity contribution >= 4 is 22.4 Å². The van der Waals surface area contributed by atoms with Gasteiger partial charge in [0.05, 0.1) is 5.39 Å². The normalized spacial score (nSPS) is 10.3. The maximum atomic E-state index is 12.1. The second kappa shape index (κ2) is 5.53. The van der Waals surface area contributed by atoms with Gasteiger partial charge in [-0.05, 0) is 31.4 Å². The summed E-state index contributed by atoms with van der Waals surface area (Å²) in [6, 6.07) is 3.57. The van der Waals surface area contributed by atoms with Crippen molar-refractivity contribution in [2.75, 3.05) is 11.5 Å². The van der Waals surface area contributed by atoms with Crippen LogP contribution in [0.4, 0.5) is 11.6 Å². The number of anilines is 2. The number of nitrogen functional groups attached to an aromatic ring is 2. The first-order chi connectivity index (χ1) is 8.50. The van der Waals surface area contributed by atoms with E-state index in [-0.39, 0.29) is 17.4 Å². The van der Waals surface area contributed by atoms with Crippen LogP contribution >= 0.6 is 0 Å². The van der Waals surface area contributed by atoms with E-state index in [0.717, 1.165) is 5.39 Å². The summed E-state index contributed by atoms with van der Waals surface area (Å²) in [7, 11) is 0. The van der Waals surface area contributed by atoms with Gasteiger partial charge in [0, 0.05) is 12.2 Å². The van der Waals surface area contributed by atoms with Gasteiger partial charge in [0.1, 0.15) is 11.6 Å². The molecule has 0 aromatic carbocycles. The summed E-state index contributed by atoms with van der Waals surface area (Å²) < 4.78 is 1.62. The predicted octanol–water partition coefficient (Wildman–Crippen LogP) is 2.17. The number of rotatable bonds is 1. The summed E-state index contributed by atoms with van der Waals surface area (Å²) in [4.78, 5) is 16.0. The van der Waals surface area contributed by atoms with E-state index in [2.05, 4.69) is 4.98 Å². The fraction of sp³-hybridized carbons (Fsp3) is 0.385. The van der Waals surface area contributed by atoms with E-state index < -0.39 is 0 Å². The summed E-state index contributed by atoms with van der Waals surface area (Å²) in [5.41, 5.74) is 11.2. The molecule has 2 rings (SSSR count). The number of hydrogen-bond donors (Lipinski definition) is 2. The predicted molar refractivity (Wildman–Crippen MR) is 76.6 cm³/mol. The van der Waals surface area contributed by atoms with Crippen molar-refractivity contribution < 1.29 is 0 Å². The molecule has 0 saturated heterocycles. The molecule has 4 N–H and O–H groups in total. The Balaban J connectivity index is 0.000000771. The molecular weight excluding hydrogens is 228 g/mol.